The van der Waals surface area contributed by atoms with E-state index < -0.39 is 5.66 Å². The van der Waals surface area contributed by atoms with Gasteiger partial charge in [0.2, 0.25) is 17.8 Å². The van der Waals surface area contributed by atoms with E-state index in [2.05, 4.69) is 29.3 Å². The fraction of sp³-hybridized carbons (Fsp3) is 0.571. The molecule has 7 heteroatoms. The van der Waals surface area contributed by atoms with Crippen LogP contribution in [0.15, 0.2) is 34.3 Å². The van der Waals surface area contributed by atoms with Crippen LogP contribution in [0.1, 0.15) is 56.9 Å². The second-order valence-electron chi connectivity index (χ2n) is 8.07. The number of rotatable bonds is 4. The van der Waals surface area contributed by atoms with E-state index in [1.54, 1.807) is 0 Å². The third kappa shape index (κ3) is 3.70. The smallest absolute Gasteiger partial charge is 0.222 e. The quantitative estimate of drug-likeness (QED) is 0.835. The van der Waals surface area contributed by atoms with Gasteiger partial charge in [-0.2, -0.15) is 4.99 Å². The van der Waals surface area contributed by atoms with Crippen molar-refractivity contribution in [2.75, 3.05) is 18.0 Å². The minimum atomic E-state index is -0.415. The Morgan fingerprint density at radius 1 is 1.00 bits per heavy atom. The number of benzene rings is 1. The van der Waals surface area contributed by atoms with Crippen molar-refractivity contribution in [1.82, 2.24) is 4.90 Å². The van der Waals surface area contributed by atoms with Gasteiger partial charge in [0.15, 0.2) is 0 Å². The SMILES string of the molecule is NC1=NC2(CCCCC2)N(c2ccc(CCC(=O)N3CCCC3)cc2)C(N)=N1. The number of nitrogens with zero attached hydrogens (tertiary/aromatic N) is 4. The van der Waals surface area contributed by atoms with Crippen molar-refractivity contribution >= 4 is 23.5 Å². The van der Waals surface area contributed by atoms with Crippen LogP contribution in [0, 0.1) is 0 Å². The molecule has 28 heavy (non-hydrogen) atoms. The first-order chi connectivity index (χ1) is 13.6. The van der Waals surface area contributed by atoms with Crippen LogP contribution in [-0.4, -0.2) is 41.5 Å². The molecule has 150 valence electrons. The van der Waals surface area contributed by atoms with E-state index in [9.17, 15) is 4.79 Å². The number of nitrogens with two attached hydrogens (primary N) is 2. The highest BCUT2D eigenvalue weighted by Crippen LogP contribution is 2.39. The molecule has 1 aliphatic carbocycles. The molecule has 0 unspecified atom stereocenters. The number of anilines is 1. The number of guanidine groups is 2. The molecule has 7 nitrogen and oxygen atoms in total. The van der Waals surface area contributed by atoms with E-state index in [1.807, 2.05) is 9.80 Å². The summed E-state index contributed by atoms with van der Waals surface area (Å²) in [6.45, 7) is 1.83. The zero-order valence-corrected chi connectivity index (χ0v) is 16.4. The summed E-state index contributed by atoms with van der Waals surface area (Å²) in [7, 11) is 0. The minimum Gasteiger partial charge on any atom is -0.369 e. The maximum absolute atomic E-state index is 12.3. The van der Waals surface area contributed by atoms with Gasteiger partial charge in [-0.05, 0) is 62.6 Å². The Morgan fingerprint density at radius 2 is 1.68 bits per heavy atom. The molecule has 0 bridgehead atoms. The Bertz CT molecular complexity index is 773. The van der Waals surface area contributed by atoms with Gasteiger partial charge in [-0.25, -0.2) is 4.99 Å². The lowest BCUT2D eigenvalue weighted by atomic mass is 9.87. The highest BCUT2D eigenvalue weighted by molar-refractivity contribution is 6.05. The summed E-state index contributed by atoms with van der Waals surface area (Å²) in [6.07, 6.45) is 8.88. The monoisotopic (exact) mass is 382 g/mol. The van der Waals surface area contributed by atoms with E-state index >= 15 is 0 Å². The second-order valence-corrected chi connectivity index (χ2v) is 8.07. The maximum Gasteiger partial charge on any atom is 0.222 e. The molecule has 2 heterocycles. The van der Waals surface area contributed by atoms with Crippen LogP contribution in [-0.2, 0) is 11.2 Å². The van der Waals surface area contributed by atoms with Crippen molar-refractivity contribution in [2.45, 2.75) is 63.5 Å². The topological polar surface area (TPSA) is 100 Å². The van der Waals surface area contributed by atoms with Crippen molar-refractivity contribution in [2.24, 2.45) is 21.5 Å². The van der Waals surface area contributed by atoms with E-state index in [-0.39, 0.29) is 11.9 Å². The minimum absolute atomic E-state index is 0.264. The number of likely N-dealkylation sites (tertiary alicyclic amines) is 1. The summed E-state index contributed by atoms with van der Waals surface area (Å²) in [5, 5.41) is 0. The van der Waals surface area contributed by atoms with Crippen molar-refractivity contribution in [3.8, 4) is 0 Å². The standard InChI is InChI=1S/C21H30N6O/c22-19-24-20(23)27(21(25-19)12-2-1-3-13-21)17-9-6-16(7-10-17)8-11-18(28)26-14-4-5-15-26/h6-7,9-10H,1-5,8,11-15H2,(H4,22,23,24,25). The van der Waals surface area contributed by atoms with Gasteiger partial charge in [0.1, 0.15) is 5.66 Å². The first kappa shape index (κ1) is 18.8. The Labute approximate surface area is 166 Å². The molecule has 4 N–H and O–H groups in total. The van der Waals surface area contributed by atoms with Gasteiger partial charge in [0.25, 0.3) is 0 Å². The predicted molar refractivity (Wildman–Crippen MR) is 112 cm³/mol. The summed E-state index contributed by atoms with van der Waals surface area (Å²) in [5.74, 6) is 0.944. The molecule has 1 saturated carbocycles. The Hall–Kier alpha value is -2.57. The van der Waals surface area contributed by atoms with Crippen LogP contribution in [0.4, 0.5) is 5.69 Å². The molecule has 1 aromatic carbocycles. The Morgan fingerprint density at radius 3 is 2.36 bits per heavy atom. The van der Waals surface area contributed by atoms with Crippen molar-refractivity contribution in [3.63, 3.8) is 0 Å². The van der Waals surface area contributed by atoms with Gasteiger partial charge in [-0.15, -0.1) is 0 Å². The van der Waals surface area contributed by atoms with Crippen LogP contribution in [0.2, 0.25) is 0 Å². The molecule has 2 aliphatic heterocycles. The largest absolute Gasteiger partial charge is 0.369 e. The van der Waals surface area contributed by atoms with Crippen LogP contribution < -0.4 is 16.4 Å². The van der Waals surface area contributed by atoms with Gasteiger partial charge >= 0.3 is 0 Å². The van der Waals surface area contributed by atoms with Gasteiger partial charge in [0, 0.05) is 25.2 Å². The van der Waals surface area contributed by atoms with Crippen LogP contribution >= 0.6 is 0 Å². The van der Waals surface area contributed by atoms with E-state index in [0.29, 0.717) is 12.4 Å². The van der Waals surface area contributed by atoms with Gasteiger partial charge in [-0.1, -0.05) is 18.6 Å². The molecule has 3 aliphatic rings. The van der Waals surface area contributed by atoms with E-state index in [0.717, 1.165) is 69.3 Å². The van der Waals surface area contributed by atoms with Crippen LogP contribution in [0.25, 0.3) is 0 Å². The zero-order chi connectivity index (χ0) is 19.6. The Balaban J connectivity index is 1.47. The maximum atomic E-state index is 12.3. The molecule has 4 rings (SSSR count). The lowest BCUT2D eigenvalue weighted by molar-refractivity contribution is -0.130. The normalized spacial score (nSPS) is 21.6. The molecule has 0 aromatic heterocycles. The molecule has 1 saturated heterocycles. The number of carbonyl (C=O) groups excluding carboxylic acids is 1. The number of amides is 1. The summed E-state index contributed by atoms with van der Waals surface area (Å²) in [6, 6.07) is 8.28. The van der Waals surface area contributed by atoms with Gasteiger partial charge in [-0.3, -0.25) is 9.69 Å². The average molecular weight is 383 g/mol. The Kier molecular flexibility index (Phi) is 5.24. The van der Waals surface area contributed by atoms with Gasteiger partial charge < -0.3 is 16.4 Å². The second kappa shape index (κ2) is 7.81. The lowest BCUT2D eigenvalue weighted by Crippen LogP contribution is -2.58. The molecule has 1 spiro atoms. The summed E-state index contributed by atoms with van der Waals surface area (Å²) in [5.41, 5.74) is 13.9. The molecule has 0 atom stereocenters. The van der Waals surface area contributed by atoms with Crippen molar-refractivity contribution < 1.29 is 4.79 Å². The summed E-state index contributed by atoms with van der Waals surface area (Å²) < 4.78 is 0. The third-order valence-electron chi connectivity index (χ3n) is 6.13. The number of carbonyl (C=O) groups is 1. The lowest BCUT2D eigenvalue weighted by Gasteiger charge is -2.45. The average Bonchev–Trinajstić information content (AvgIpc) is 3.22. The van der Waals surface area contributed by atoms with Crippen LogP contribution in [0.3, 0.4) is 0 Å². The van der Waals surface area contributed by atoms with Crippen LogP contribution in [0.5, 0.6) is 0 Å². The van der Waals surface area contributed by atoms with Gasteiger partial charge in [0.05, 0.1) is 0 Å². The van der Waals surface area contributed by atoms with E-state index in [4.69, 9.17) is 16.5 Å². The number of aryl methyl sites for hydroxylation is 1. The molecule has 0 radical (unpaired) electrons. The third-order valence-corrected chi connectivity index (χ3v) is 6.13. The number of hydrogen-bond donors (Lipinski definition) is 2. The first-order valence-corrected chi connectivity index (χ1v) is 10.4. The van der Waals surface area contributed by atoms with Crippen molar-refractivity contribution in [1.29, 1.82) is 0 Å². The van der Waals surface area contributed by atoms with E-state index in [1.165, 1.54) is 6.42 Å². The first-order valence-electron chi connectivity index (χ1n) is 10.4. The zero-order valence-electron chi connectivity index (χ0n) is 16.4. The summed E-state index contributed by atoms with van der Waals surface area (Å²) in [4.78, 5) is 25.2. The molecule has 1 amide bonds. The fourth-order valence-corrected chi connectivity index (χ4v) is 4.68. The number of aliphatic imine (C=N–C) groups is 2. The summed E-state index contributed by atoms with van der Waals surface area (Å²) >= 11 is 0. The highest BCUT2D eigenvalue weighted by Gasteiger charge is 2.42. The molecular weight excluding hydrogens is 352 g/mol. The number of hydrogen-bond acceptors (Lipinski definition) is 6. The molecule has 2 fully saturated rings. The fourth-order valence-electron chi connectivity index (χ4n) is 4.68. The van der Waals surface area contributed by atoms with Crippen molar-refractivity contribution in [3.05, 3.63) is 29.8 Å². The molecule has 1 aromatic rings. The molecular formula is C21H30N6O. The highest BCUT2D eigenvalue weighted by atomic mass is 16.2. The predicted octanol–water partition coefficient (Wildman–Crippen LogP) is 2.35.